The smallest absolute Gasteiger partial charge is 0.411 e. The second kappa shape index (κ2) is 9.11. The van der Waals surface area contributed by atoms with Gasteiger partial charge in [0.25, 0.3) is 0 Å². The zero-order valence-corrected chi connectivity index (χ0v) is 20.3. The highest BCUT2D eigenvalue weighted by Crippen LogP contribution is 2.45. The molecule has 184 valence electrons. The third-order valence-corrected chi connectivity index (χ3v) is 7.83. The number of hydrogen-bond acceptors (Lipinski definition) is 5. The first-order valence-electron chi connectivity index (χ1n) is 12.9. The number of fused-ring (bicyclic) bond motifs is 1. The first-order valence-corrected chi connectivity index (χ1v) is 12.9. The first kappa shape index (κ1) is 22.3. The number of hydrogen-bond donors (Lipinski definition) is 2. The normalized spacial score (nSPS) is 19.4. The van der Waals surface area contributed by atoms with Gasteiger partial charge in [-0.05, 0) is 75.3 Å². The summed E-state index contributed by atoms with van der Waals surface area (Å²) in [4.78, 5) is 14.6. The van der Waals surface area contributed by atoms with Crippen LogP contribution in [0.5, 0.6) is 0 Å². The summed E-state index contributed by atoms with van der Waals surface area (Å²) in [7, 11) is 0. The number of ether oxygens (including phenoxy) is 2. The van der Waals surface area contributed by atoms with Crippen LogP contribution in [0.1, 0.15) is 45.1 Å². The molecule has 7 nitrogen and oxygen atoms in total. The summed E-state index contributed by atoms with van der Waals surface area (Å²) >= 11 is 0. The highest BCUT2D eigenvalue weighted by atomic mass is 16.6. The van der Waals surface area contributed by atoms with E-state index in [2.05, 4.69) is 33.0 Å². The molecule has 1 aromatic heterocycles. The lowest BCUT2D eigenvalue weighted by molar-refractivity contribution is 0.108. The summed E-state index contributed by atoms with van der Waals surface area (Å²) in [5.74, 6) is 0.517. The van der Waals surface area contributed by atoms with Crippen LogP contribution in [0, 0.1) is 5.92 Å². The van der Waals surface area contributed by atoms with Crippen LogP contribution in [0.2, 0.25) is 0 Å². The molecule has 1 amide bonds. The fraction of sp³-hybridized carbons (Fsp3) is 0.464. The Morgan fingerprint density at radius 3 is 2.49 bits per heavy atom. The van der Waals surface area contributed by atoms with E-state index in [1.807, 2.05) is 31.2 Å². The molecule has 35 heavy (non-hydrogen) atoms. The van der Waals surface area contributed by atoms with Crippen LogP contribution < -0.4 is 16.0 Å². The predicted molar refractivity (Wildman–Crippen MR) is 140 cm³/mol. The highest BCUT2D eigenvalue weighted by molar-refractivity contribution is 6.02. The highest BCUT2D eigenvalue weighted by Gasteiger charge is 2.31. The maximum Gasteiger partial charge on any atom is 0.411 e. The summed E-state index contributed by atoms with van der Waals surface area (Å²) in [6.45, 7) is 5.29. The summed E-state index contributed by atoms with van der Waals surface area (Å²) in [5, 5.41) is 3.97. The van der Waals surface area contributed by atoms with Gasteiger partial charge in [0.1, 0.15) is 6.10 Å². The fourth-order valence-corrected chi connectivity index (χ4v) is 5.35. The molecular weight excluding hydrogens is 440 g/mol. The number of nitrogens with two attached hydrogens (primary N) is 1. The average Bonchev–Trinajstić information content (AvgIpc) is 3.66. The number of morpholine rings is 1. The number of carbonyl (C=O) groups is 1. The van der Waals surface area contributed by atoms with Gasteiger partial charge in [0.05, 0.1) is 30.1 Å². The monoisotopic (exact) mass is 474 g/mol. The molecule has 2 aromatic carbocycles. The molecule has 3 fully saturated rings. The van der Waals surface area contributed by atoms with Gasteiger partial charge in [-0.2, -0.15) is 0 Å². The largest absolute Gasteiger partial charge is 0.446 e. The summed E-state index contributed by atoms with van der Waals surface area (Å²) < 4.78 is 13.5. The quantitative estimate of drug-likeness (QED) is 0.472. The number of amides is 1. The molecule has 1 saturated heterocycles. The Morgan fingerprint density at radius 1 is 1.09 bits per heavy atom. The van der Waals surface area contributed by atoms with Gasteiger partial charge in [-0.3, -0.25) is 5.32 Å². The summed E-state index contributed by atoms with van der Waals surface area (Å²) in [6, 6.07) is 15.1. The molecule has 6 rings (SSSR count). The van der Waals surface area contributed by atoms with Gasteiger partial charge in [-0.25, -0.2) is 4.79 Å². The molecule has 2 heterocycles. The van der Waals surface area contributed by atoms with Crippen molar-refractivity contribution in [2.24, 2.45) is 5.92 Å². The van der Waals surface area contributed by atoms with E-state index in [0.29, 0.717) is 12.0 Å². The van der Waals surface area contributed by atoms with E-state index in [0.717, 1.165) is 67.2 Å². The summed E-state index contributed by atoms with van der Waals surface area (Å²) in [6.07, 6.45) is 5.46. The van der Waals surface area contributed by atoms with Crippen LogP contribution in [0.3, 0.4) is 0 Å². The van der Waals surface area contributed by atoms with Crippen molar-refractivity contribution in [3.8, 4) is 11.3 Å². The van der Waals surface area contributed by atoms with Crippen molar-refractivity contribution in [1.29, 1.82) is 0 Å². The topological polar surface area (TPSA) is 81.8 Å². The third-order valence-electron chi connectivity index (χ3n) is 7.83. The zero-order chi connectivity index (χ0) is 23.9. The molecule has 0 spiro atoms. The number of nitrogens with one attached hydrogen (secondary N) is 1. The lowest BCUT2D eigenvalue weighted by Crippen LogP contribution is -2.36. The molecule has 0 bridgehead atoms. The number of carbonyl (C=O) groups excluding carboxylic acids is 1. The number of nitrogens with zero attached hydrogens (tertiary/aromatic N) is 2. The van der Waals surface area contributed by atoms with Crippen molar-refractivity contribution in [3.05, 3.63) is 42.5 Å². The number of benzene rings is 2. The average molecular weight is 475 g/mol. The van der Waals surface area contributed by atoms with Crippen molar-refractivity contribution in [1.82, 2.24) is 4.57 Å². The molecule has 1 atom stereocenters. The van der Waals surface area contributed by atoms with Crippen molar-refractivity contribution < 1.29 is 14.3 Å². The van der Waals surface area contributed by atoms with Crippen LogP contribution in [0.25, 0.3) is 22.2 Å². The van der Waals surface area contributed by atoms with Gasteiger partial charge in [0.2, 0.25) is 0 Å². The first-order chi connectivity index (χ1) is 17.1. The van der Waals surface area contributed by atoms with E-state index in [4.69, 9.17) is 15.2 Å². The Morgan fingerprint density at radius 2 is 1.83 bits per heavy atom. The van der Waals surface area contributed by atoms with E-state index >= 15 is 0 Å². The van der Waals surface area contributed by atoms with E-state index in [1.165, 1.54) is 30.5 Å². The Kier molecular flexibility index (Phi) is 5.80. The maximum absolute atomic E-state index is 12.3. The third kappa shape index (κ3) is 4.33. The molecule has 0 radical (unpaired) electrons. The molecule has 2 saturated carbocycles. The molecule has 2 aliphatic carbocycles. The minimum absolute atomic E-state index is 0.0328. The second-order valence-corrected chi connectivity index (χ2v) is 10.2. The minimum Gasteiger partial charge on any atom is -0.446 e. The SMILES string of the molecule is C[C@@H](OC(=O)Nc1ccc(-c2c(N)c3cc(N4CCOCC4)ccc3n2C2CCC2)cc1)C1CC1. The van der Waals surface area contributed by atoms with Crippen LogP contribution in [0.15, 0.2) is 42.5 Å². The van der Waals surface area contributed by atoms with Crippen LogP contribution in [-0.4, -0.2) is 43.1 Å². The molecule has 1 aliphatic heterocycles. The lowest BCUT2D eigenvalue weighted by Gasteiger charge is -2.31. The number of nitrogen functional groups attached to an aromatic ring is 1. The Balaban J connectivity index is 1.30. The molecule has 3 aromatic rings. The molecule has 3 N–H and O–H groups in total. The number of rotatable bonds is 6. The van der Waals surface area contributed by atoms with Crippen molar-refractivity contribution in [3.63, 3.8) is 0 Å². The van der Waals surface area contributed by atoms with Crippen molar-refractivity contribution >= 4 is 34.1 Å². The maximum atomic E-state index is 12.3. The van der Waals surface area contributed by atoms with Crippen LogP contribution in [0.4, 0.5) is 21.9 Å². The van der Waals surface area contributed by atoms with Gasteiger partial charge < -0.3 is 24.7 Å². The second-order valence-electron chi connectivity index (χ2n) is 10.2. The minimum atomic E-state index is -0.393. The standard InChI is InChI=1S/C28H34N4O3/c1-18(19-5-6-19)35-28(33)30-21-9-7-20(8-10-21)27-26(29)24-17-23(31-13-15-34-16-14-31)11-12-25(24)32(27)22-3-2-4-22/h7-12,17-19,22H,2-6,13-16,29H2,1H3,(H,30,33)/t18-/m1/s1. The number of aromatic nitrogens is 1. The fourth-order valence-electron chi connectivity index (χ4n) is 5.35. The van der Waals surface area contributed by atoms with Gasteiger partial charge in [0, 0.05) is 41.5 Å². The molecule has 3 aliphatic rings. The lowest BCUT2D eigenvalue weighted by atomic mass is 9.92. The number of anilines is 3. The Bertz CT molecular complexity index is 1220. The van der Waals surface area contributed by atoms with Gasteiger partial charge in [0.15, 0.2) is 0 Å². The van der Waals surface area contributed by atoms with Crippen molar-refractivity contribution in [2.75, 3.05) is 42.3 Å². The van der Waals surface area contributed by atoms with Crippen LogP contribution >= 0.6 is 0 Å². The Hall–Kier alpha value is -3.19. The van der Waals surface area contributed by atoms with Gasteiger partial charge in [-0.1, -0.05) is 12.1 Å². The van der Waals surface area contributed by atoms with Crippen LogP contribution in [-0.2, 0) is 9.47 Å². The van der Waals surface area contributed by atoms with E-state index in [1.54, 1.807) is 0 Å². The van der Waals surface area contributed by atoms with Gasteiger partial charge >= 0.3 is 6.09 Å². The predicted octanol–water partition coefficient (Wildman–Crippen LogP) is 5.80. The van der Waals surface area contributed by atoms with E-state index < -0.39 is 6.09 Å². The summed E-state index contributed by atoms with van der Waals surface area (Å²) in [5.41, 5.74) is 12.9. The van der Waals surface area contributed by atoms with Gasteiger partial charge in [-0.15, -0.1) is 0 Å². The zero-order valence-electron chi connectivity index (χ0n) is 20.3. The van der Waals surface area contributed by atoms with Crippen molar-refractivity contribution in [2.45, 2.75) is 51.2 Å². The molecular formula is C28H34N4O3. The van der Waals surface area contributed by atoms with E-state index in [9.17, 15) is 4.79 Å². The molecule has 0 unspecified atom stereocenters. The molecule has 7 heteroatoms. The van der Waals surface area contributed by atoms with E-state index in [-0.39, 0.29) is 6.10 Å². The Labute approximate surface area is 206 Å².